The molecule has 0 spiro atoms. The molecular weight excluding hydrogens is 315 g/mol. The lowest BCUT2D eigenvalue weighted by molar-refractivity contribution is 0.628. The average Bonchev–Trinajstić information content (AvgIpc) is 3.08. The first kappa shape index (κ1) is 13.5. The van der Waals surface area contributed by atoms with Crippen LogP contribution in [0.15, 0.2) is 41.1 Å². The van der Waals surface area contributed by atoms with Gasteiger partial charge in [-0.25, -0.2) is 9.37 Å². The van der Waals surface area contributed by atoms with Crippen LogP contribution in [0.3, 0.4) is 0 Å². The summed E-state index contributed by atoms with van der Waals surface area (Å²) in [5, 5.41) is 8.60. The molecule has 0 radical (unpaired) electrons. The van der Waals surface area contributed by atoms with Crippen LogP contribution in [0.2, 0.25) is 5.02 Å². The molecule has 1 aromatic carbocycles. The van der Waals surface area contributed by atoms with Crippen LogP contribution >= 0.6 is 34.3 Å². The predicted octanol–water partition coefficient (Wildman–Crippen LogP) is 5.28. The molecule has 0 atom stereocenters. The predicted molar refractivity (Wildman–Crippen MR) is 84.2 cm³/mol. The van der Waals surface area contributed by atoms with Crippen LogP contribution < -0.4 is 5.32 Å². The fourth-order valence-electron chi connectivity index (χ4n) is 1.72. The standard InChI is InChI=1S/C14H10ClFN2S2/c15-11-6-9(16)3-4-12(11)17-7-10-8-20-14(18-10)13-2-1-5-19-13/h1-6,8,17H,7H2. The Morgan fingerprint density at radius 2 is 2.15 bits per heavy atom. The van der Waals surface area contributed by atoms with Crippen molar-refractivity contribution in [1.82, 2.24) is 4.98 Å². The van der Waals surface area contributed by atoms with Gasteiger partial charge in [-0.2, -0.15) is 0 Å². The summed E-state index contributed by atoms with van der Waals surface area (Å²) in [6.07, 6.45) is 0. The van der Waals surface area contributed by atoms with E-state index in [0.717, 1.165) is 10.7 Å². The number of hydrogen-bond donors (Lipinski definition) is 1. The van der Waals surface area contributed by atoms with Crippen LogP contribution in [0.1, 0.15) is 5.69 Å². The van der Waals surface area contributed by atoms with Gasteiger partial charge in [0.2, 0.25) is 0 Å². The first-order valence-electron chi connectivity index (χ1n) is 5.89. The second-order valence-electron chi connectivity index (χ2n) is 4.10. The maximum Gasteiger partial charge on any atom is 0.133 e. The second-order valence-corrected chi connectivity index (χ2v) is 6.31. The van der Waals surface area contributed by atoms with Gasteiger partial charge in [0, 0.05) is 5.38 Å². The minimum absolute atomic E-state index is 0.339. The highest BCUT2D eigenvalue weighted by Crippen LogP contribution is 2.28. The van der Waals surface area contributed by atoms with Crippen molar-refractivity contribution in [3.05, 3.63) is 57.6 Å². The second kappa shape index (κ2) is 5.91. The van der Waals surface area contributed by atoms with Crippen molar-refractivity contribution in [3.8, 4) is 9.88 Å². The van der Waals surface area contributed by atoms with E-state index < -0.39 is 0 Å². The lowest BCUT2D eigenvalue weighted by atomic mass is 10.3. The summed E-state index contributed by atoms with van der Waals surface area (Å²) >= 11 is 9.25. The molecule has 0 amide bonds. The zero-order valence-corrected chi connectivity index (χ0v) is 12.7. The zero-order chi connectivity index (χ0) is 13.9. The molecule has 2 nitrogen and oxygen atoms in total. The highest BCUT2D eigenvalue weighted by molar-refractivity contribution is 7.20. The third-order valence-corrected chi connectivity index (χ3v) is 4.92. The number of aromatic nitrogens is 1. The van der Waals surface area contributed by atoms with Crippen molar-refractivity contribution in [2.75, 3.05) is 5.32 Å². The van der Waals surface area contributed by atoms with Crippen LogP contribution in [0.4, 0.5) is 10.1 Å². The summed E-state index contributed by atoms with van der Waals surface area (Å²) in [6.45, 7) is 0.563. The number of nitrogens with one attached hydrogen (secondary N) is 1. The smallest absolute Gasteiger partial charge is 0.133 e. The third-order valence-electron chi connectivity index (χ3n) is 2.67. The van der Waals surface area contributed by atoms with E-state index in [-0.39, 0.29) is 5.82 Å². The topological polar surface area (TPSA) is 24.9 Å². The molecule has 0 aliphatic carbocycles. The highest BCUT2D eigenvalue weighted by Gasteiger charge is 2.06. The number of halogens is 2. The van der Waals surface area contributed by atoms with E-state index >= 15 is 0 Å². The lowest BCUT2D eigenvalue weighted by Gasteiger charge is -2.06. The van der Waals surface area contributed by atoms with E-state index in [0.29, 0.717) is 17.3 Å². The number of rotatable bonds is 4. The molecule has 2 heterocycles. The van der Waals surface area contributed by atoms with E-state index in [1.165, 1.54) is 17.0 Å². The molecule has 2 aromatic heterocycles. The van der Waals surface area contributed by atoms with Gasteiger partial charge in [0.25, 0.3) is 0 Å². The van der Waals surface area contributed by atoms with Crippen molar-refractivity contribution in [2.45, 2.75) is 6.54 Å². The van der Waals surface area contributed by atoms with Crippen LogP contribution in [0.25, 0.3) is 9.88 Å². The van der Waals surface area contributed by atoms with E-state index in [2.05, 4.69) is 16.4 Å². The molecule has 0 bridgehead atoms. The molecule has 20 heavy (non-hydrogen) atoms. The van der Waals surface area contributed by atoms with Gasteiger partial charge in [-0.3, -0.25) is 0 Å². The minimum atomic E-state index is -0.339. The minimum Gasteiger partial charge on any atom is -0.378 e. The van der Waals surface area contributed by atoms with Gasteiger partial charge in [0.1, 0.15) is 10.8 Å². The maximum absolute atomic E-state index is 12.9. The number of benzene rings is 1. The molecule has 0 saturated heterocycles. The molecule has 6 heteroatoms. The molecule has 0 aliphatic heterocycles. The molecule has 0 fully saturated rings. The maximum atomic E-state index is 12.9. The van der Waals surface area contributed by atoms with Gasteiger partial charge in [-0.15, -0.1) is 22.7 Å². The van der Waals surface area contributed by atoms with Gasteiger partial charge >= 0.3 is 0 Å². The lowest BCUT2D eigenvalue weighted by Crippen LogP contribution is -2.00. The summed E-state index contributed by atoms with van der Waals surface area (Å²) in [7, 11) is 0. The zero-order valence-electron chi connectivity index (χ0n) is 10.3. The fourth-order valence-corrected chi connectivity index (χ4v) is 3.59. The number of hydrogen-bond acceptors (Lipinski definition) is 4. The van der Waals surface area contributed by atoms with Crippen molar-refractivity contribution >= 4 is 40.0 Å². The molecule has 1 N–H and O–H groups in total. The Kier molecular flexibility index (Phi) is 4.00. The Balaban J connectivity index is 1.70. The Bertz CT molecular complexity index is 710. The molecule has 3 rings (SSSR count). The fraction of sp³-hybridized carbons (Fsp3) is 0.0714. The summed E-state index contributed by atoms with van der Waals surface area (Å²) in [4.78, 5) is 5.73. The first-order chi connectivity index (χ1) is 9.72. The summed E-state index contributed by atoms with van der Waals surface area (Å²) in [5.74, 6) is -0.339. The quantitative estimate of drug-likeness (QED) is 0.706. The van der Waals surface area contributed by atoms with Crippen molar-refractivity contribution < 1.29 is 4.39 Å². The number of thiazole rings is 1. The van der Waals surface area contributed by atoms with Gasteiger partial charge in [-0.05, 0) is 29.6 Å². The Morgan fingerprint density at radius 1 is 1.25 bits per heavy atom. The Hall–Kier alpha value is -1.43. The first-order valence-corrected chi connectivity index (χ1v) is 8.03. The average molecular weight is 325 g/mol. The summed E-state index contributed by atoms with van der Waals surface area (Å²) < 4.78 is 12.9. The Labute approximate surface area is 128 Å². The van der Waals surface area contributed by atoms with E-state index in [4.69, 9.17) is 11.6 Å². The molecule has 0 saturated carbocycles. The normalized spacial score (nSPS) is 10.7. The van der Waals surface area contributed by atoms with Crippen LogP contribution in [-0.2, 0) is 6.54 Å². The SMILES string of the molecule is Fc1ccc(NCc2csc(-c3cccs3)n2)c(Cl)c1. The van der Waals surface area contributed by atoms with Gasteiger partial charge in [-0.1, -0.05) is 17.7 Å². The molecule has 0 aliphatic rings. The third kappa shape index (κ3) is 3.00. The van der Waals surface area contributed by atoms with E-state index in [1.807, 2.05) is 16.8 Å². The van der Waals surface area contributed by atoms with Gasteiger partial charge in [0.15, 0.2) is 0 Å². The molecule has 3 aromatic rings. The number of thiophene rings is 1. The van der Waals surface area contributed by atoms with Crippen LogP contribution in [0, 0.1) is 5.82 Å². The van der Waals surface area contributed by atoms with E-state index in [9.17, 15) is 4.39 Å². The van der Waals surface area contributed by atoms with E-state index in [1.54, 1.807) is 28.7 Å². The van der Waals surface area contributed by atoms with Gasteiger partial charge < -0.3 is 5.32 Å². The number of anilines is 1. The largest absolute Gasteiger partial charge is 0.378 e. The van der Waals surface area contributed by atoms with Crippen molar-refractivity contribution in [2.24, 2.45) is 0 Å². The number of nitrogens with zero attached hydrogens (tertiary/aromatic N) is 1. The van der Waals surface area contributed by atoms with Crippen LogP contribution in [-0.4, -0.2) is 4.98 Å². The molecule has 102 valence electrons. The van der Waals surface area contributed by atoms with Crippen molar-refractivity contribution in [1.29, 1.82) is 0 Å². The molecule has 0 unspecified atom stereocenters. The Morgan fingerprint density at radius 3 is 2.90 bits per heavy atom. The van der Waals surface area contributed by atoms with Crippen LogP contribution in [0.5, 0.6) is 0 Å². The van der Waals surface area contributed by atoms with Gasteiger partial charge in [0.05, 0.1) is 27.8 Å². The monoisotopic (exact) mass is 324 g/mol. The summed E-state index contributed by atoms with van der Waals surface area (Å²) in [5.41, 5.74) is 1.65. The van der Waals surface area contributed by atoms with Crippen molar-refractivity contribution in [3.63, 3.8) is 0 Å². The molecular formula is C14H10ClFN2S2. The highest BCUT2D eigenvalue weighted by atomic mass is 35.5. The summed E-state index contributed by atoms with van der Waals surface area (Å²) in [6, 6.07) is 8.37.